The quantitative estimate of drug-likeness (QED) is 0.0338. The Morgan fingerprint density at radius 1 is 0.662 bits per heavy atom. The molecule has 0 radical (unpaired) electrons. The Labute approximate surface area is 407 Å². The fourth-order valence-electron chi connectivity index (χ4n) is 13.5. The molecule has 8 aliphatic rings. The van der Waals surface area contributed by atoms with Crippen LogP contribution in [0.3, 0.4) is 0 Å². The van der Waals surface area contributed by atoms with Crippen molar-refractivity contribution in [3.63, 3.8) is 0 Å². The SMILES string of the molecule is C=C1C[C@@]23CC[C@H]4[C@@](C)(CCC[C@@]4(C)C(=O)O[C@@H]4OC(COC(=O)CC(=O)O)[C@@H](O)C(O)C4O)[C@@H]2CC[C@]1(O[C@@H]1OC(CO)[C@@H](O)C(O[C@@H]2OC(CO)[C@@H](O)C(O)C2O)C1O[C@@H]1OC[C@@H](O)C(O)[C@@H]1O)C3. The lowest BCUT2D eigenvalue weighted by Crippen LogP contribution is -2.67. The van der Waals surface area contributed by atoms with Gasteiger partial charge in [0.25, 0.3) is 0 Å². The number of carbonyl (C=O) groups is 3. The van der Waals surface area contributed by atoms with Gasteiger partial charge in [-0.1, -0.05) is 19.9 Å². The second-order valence-corrected chi connectivity index (χ2v) is 21.4. The summed E-state index contributed by atoms with van der Waals surface area (Å²) >= 11 is 0. The van der Waals surface area contributed by atoms with Crippen LogP contribution >= 0.6 is 0 Å². The van der Waals surface area contributed by atoms with E-state index >= 15 is 0 Å². The van der Waals surface area contributed by atoms with E-state index < -0.39 is 189 Å². The summed E-state index contributed by atoms with van der Waals surface area (Å²) in [6, 6.07) is 0. The first-order chi connectivity index (χ1) is 33.4. The van der Waals surface area contributed by atoms with Crippen molar-refractivity contribution in [3.8, 4) is 0 Å². The minimum atomic E-state index is -1.94. The standard InChI is InChI=1S/C46H70O25/c1-18-12-45-9-5-23-43(2,7-4-8-44(23,3)42(62)70-40-35(61)32(58)29(55)22(67-40)16-63-26(52)11-25(50)51)24(45)6-10-46(18,17-45)71-41-37(69-38-33(59)27(53)19(49)15-64-38)36(30(56)21(14-48)66-41)68-39-34(60)31(57)28(54)20(13-47)65-39/h19-24,27-41,47-49,53-61H,1,4-17H2,2-3H3,(H,50,51)/t19-,20?,21?,22?,23+,24+,27?,28-,29-,30-,31?,32?,33+,34?,35?,36?,37?,38+,39+,40+,41+,43-,44-,45-,46+/m1/s1. The van der Waals surface area contributed by atoms with E-state index in [0.29, 0.717) is 56.9 Å². The fraction of sp³-hybridized carbons (Fsp3) is 0.891. The summed E-state index contributed by atoms with van der Waals surface area (Å²) in [6.07, 6.45) is -28.8. The number of esters is 2. The van der Waals surface area contributed by atoms with Crippen molar-refractivity contribution in [1.82, 2.24) is 0 Å². The maximum atomic E-state index is 14.5. The van der Waals surface area contributed by atoms with E-state index in [2.05, 4.69) is 13.5 Å². The van der Waals surface area contributed by atoms with E-state index in [1.165, 1.54) is 0 Å². The average Bonchev–Trinajstić information content (AvgIpc) is 3.52. The third-order valence-corrected chi connectivity index (χ3v) is 17.2. The highest BCUT2D eigenvalue weighted by Gasteiger charge is 2.70. The van der Waals surface area contributed by atoms with Gasteiger partial charge in [0.2, 0.25) is 6.29 Å². The van der Waals surface area contributed by atoms with Crippen molar-refractivity contribution in [1.29, 1.82) is 0 Å². The van der Waals surface area contributed by atoms with Gasteiger partial charge < -0.3 is 109 Å². The number of fused-ring (bicyclic) bond motifs is 3. The Morgan fingerprint density at radius 2 is 1.25 bits per heavy atom. The Morgan fingerprint density at radius 3 is 1.93 bits per heavy atom. The van der Waals surface area contributed by atoms with Crippen LogP contribution in [0.5, 0.6) is 0 Å². The van der Waals surface area contributed by atoms with Crippen LogP contribution in [-0.4, -0.2) is 233 Å². The molecule has 0 aromatic rings. The molecule has 4 heterocycles. The number of aliphatic hydroxyl groups is 12. The summed E-state index contributed by atoms with van der Waals surface area (Å²) in [4.78, 5) is 37.3. The number of carboxylic acids is 1. The van der Waals surface area contributed by atoms with Crippen LogP contribution in [-0.2, 0) is 57.0 Å². The van der Waals surface area contributed by atoms with Gasteiger partial charge in [-0.25, -0.2) is 0 Å². The van der Waals surface area contributed by atoms with Gasteiger partial charge in [-0.15, -0.1) is 0 Å². The largest absolute Gasteiger partial charge is 0.481 e. The number of ether oxygens (including phenoxy) is 9. The van der Waals surface area contributed by atoms with Crippen LogP contribution in [0.4, 0.5) is 0 Å². The molecule has 8 fully saturated rings. The predicted octanol–water partition coefficient (Wildman–Crippen LogP) is -4.45. The predicted molar refractivity (Wildman–Crippen MR) is 229 cm³/mol. The second-order valence-electron chi connectivity index (χ2n) is 21.4. The number of aliphatic carboxylic acids is 1. The zero-order valence-electron chi connectivity index (χ0n) is 39.4. The second kappa shape index (κ2) is 20.8. The molecule has 0 aromatic heterocycles. The van der Waals surface area contributed by atoms with Gasteiger partial charge in [-0.2, -0.15) is 0 Å². The van der Waals surface area contributed by atoms with Crippen LogP contribution in [0.25, 0.3) is 0 Å². The number of hydrogen-bond acceptors (Lipinski definition) is 24. The molecule has 13 N–H and O–H groups in total. The van der Waals surface area contributed by atoms with Crippen molar-refractivity contribution in [3.05, 3.63) is 12.2 Å². The molecule has 4 saturated heterocycles. The fourth-order valence-corrected chi connectivity index (χ4v) is 13.5. The molecule has 25 heteroatoms. The smallest absolute Gasteiger partial charge is 0.317 e. The maximum absolute atomic E-state index is 14.5. The van der Waals surface area contributed by atoms with Gasteiger partial charge >= 0.3 is 17.9 Å². The van der Waals surface area contributed by atoms with Crippen LogP contribution < -0.4 is 0 Å². The lowest BCUT2D eigenvalue weighted by molar-refractivity contribution is -0.395. The van der Waals surface area contributed by atoms with Gasteiger partial charge in [0.05, 0.1) is 30.8 Å². The minimum absolute atomic E-state index is 0.0113. The van der Waals surface area contributed by atoms with Gasteiger partial charge in [-0.3, -0.25) is 14.4 Å². The van der Waals surface area contributed by atoms with E-state index in [1.807, 2.05) is 0 Å². The third-order valence-electron chi connectivity index (χ3n) is 17.2. The molecule has 25 nitrogen and oxygen atoms in total. The molecule has 0 amide bonds. The molecule has 25 atom stereocenters. The number of carbonyl (C=O) groups excluding carboxylic acids is 2. The Bertz CT molecular complexity index is 1940. The van der Waals surface area contributed by atoms with Crippen LogP contribution in [0.15, 0.2) is 12.2 Å². The van der Waals surface area contributed by atoms with E-state index in [-0.39, 0.29) is 11.8 Å². The number of rotatable bonds is 14. The van der Waals surface area contributed by atoms with Crippen molar-refractivity contribution in [2.45, 2.75) is 200 Å². The van der Waals surface area contributed by atoms with Crippen LogP contribution in [0.2, 0.25) is 0 Å². The van der Waals surface area contributed by atoms with Gasteiger partial charge in [0, 0.05) is 0 Å². The lowest BCUT2D eigenvalue weighted by Gasteiger charge is -2.64. The minimum Gasteiger partial charge on any atom is -0.481 e. The Hall–Kier alpha value is -2.61. The summed E-state index contributed by atoms with van der Waals surface area (Å²) in [5, 5.41) is 137. The molecular formula is C46H70O25. The van der Waals surface area contributed by atoms with Crippen molar-refractivity contribution in [2.24, 2.45) is 28.1 Å². The molecular weight excluding hydrogens is 952 g/mol. The highest BCUT2D eigenvalue weighted by molar-refractivity contribution is 5.90. The van der Waals surface area contributed by atoms with E-state index in [9.17, 15) is 75.7 Å². The zero-order valence-corrected chi connectivity index (χ0v) is 39.4. The van der Waals surface area contributed by atoms with Gasteiger partial charge in [0.1, 0.15) is 105 Å². The highest BCUT2D eigenvalue weighted by Crippen LogP contribution is 2.74. The van der Waals surface area contributed by atoms with Crippen molar-refractivity contribution in [2.75, 3.05) is 26.4 Å². The van der Waals surface area contributed by atoms with Crippen molar-refractivity contribution >= 4 is 17.9 Å². The van der Waals surface area contributed by atoms with Crippen LogP contribution in [0, 0.1) is 28.1 Å². The molecule has 4 aliphatic carbocycles. The molecule has 1 spiro atoms. The average molecular weight is 1020 g/mol. The first-order valence-corrected chi connectivity index (χ1v) is 24.3. The maximum Gasteiger partial charge on any atom is 0.317 e. The monoisotopic (exact) mass is 1020 g/mol. The normalized spacial score (nSPS) is 50.9. The lowest BCUT2D eigenvalue weighted by atomic mass is 9.41. The molecule has 0 aromatic carbocycles. The third kappa shape index (κ3) is 9.81. The first-order valence-electron chi connectivity index (χ1n) is 24.3. The number of carboxylic acid groups (broad SMARTS) is 1. The molecule has 71 heavy (non-hydrogen) atoms. The Kier molecular flexibility index (Phi) is 16.0. The van der Waals surface area contributed by atoms with Gasteiger partial charge in [0.15, 0.2) is 18.9 Å². The molecule has 404 valence electrons. The van der Waals surface area contributed by atoms with E-state index in [0.717, 1.165) is 6.42 Å². The molecule has 10 unspecified atom stereocenters. The van der Waals surface area contributed by atoms with Gasteiger partial charge in [-0.05, 0) is 86.5 Å². The van der Waals surface area contributed by atoms with Crippen molar-refractivity contribution < 1.29 is 123 Å². The molecule has 8 rings (SSSR count). The van der Waals surface area contributed by atoms with E-state index in [4.69, 9.17) is 47.7 Å². The summed E-state index contributed by atoms with van der Waals surface area (Å²) in [5.41, 5.74) is -2.49. The first kappa shape index (κ1) is 54.6. The highest BCUT2D eigenvalue weighted by atomic mass is 16.8. The summed E-state index contributed by atoms with van der Waals surface area (Å²) in [6.45, 7) is 5.67. The summed E-state index contributed by atoms with van der Waals surface area (Å²) < 4.78 is 53.1. The molecule has 4 aliphatic heterocycles. The van der Waals surface area contributed by atoms with E-state index in [1.54, 1.807) is 6.92 Å². The number of aliphatic hydroxyl groups excluding tert-OH is 12. The van der Waals surface area contributed by atoms with Crippen LogP contribution in [0.1, 0.15) is 78.1 Å². The molecule has 4 saturated carbocycles. The summed E-state index contributed by atoms with van der Waals surface area (Å²) in [7, 11) is 0. The topological polar surface area (TPSA) is 397 Å². The number of hydrogen-bond donors (Lipinski definition) is 13. The summed E-state index contributed by atoms with van der Waals surface area (Å²) in [5.74, 6) is -3.57. The molecule has 2 bridgehead atoms. The Balaban J connectivity index is 1.02. The zero-order chi connectivity index (χ0) is 51.7.